The molecule has 0 bridgehead atoms. The maximum Gasteiger partial charge on any atom is 0.299 e. The number of rotatable bonds is 19. The van der Waals surface area contributed by atoms with Gasteiger partial charge in [-0.2, -0.15) is 9.47 Å². The number of nitrogens with one attached hydrogen (secondary N) is 6. The van der Waals surface area contributed by atoms with Gasteiger partial charge in [-0.15, -0.1) is 54.8 Å². The minimum Gasteiger partial charge on any atom is -0.468 e. The van der Waals surface area contributed by atoms with E-state index < -0.39 is 52.9 Å². The van der Waals surface area contributed by atoms with Crippen LogP contribution in [0.15, 0.2) is 185 Å². The molecule has 9 atom stereocenters. The zero-order chi connectivity index (χ0) is 67.0. The van der Waals surface area contributed by atoms with E-state index in [2.05, 4.69) is 112 Å². The van der Waals surface area contributed by atoms with Gasteiger partial charge < -0.3 is 42.4 Å². The number of thioether (sulfide) groups is 1. The van der Waals surface area contributed by atoms with Crippen LogP contribution >= 0.6 is 79.2 Å². The van der Waals surface area contributed by atoms with Gasteiger partial charge in [-0.1, -0.05) is 46.8 Å². The molecule has 9 unspecified atom stereocenters. The maximum absolute atomic E-state index is 7.66. The topological polar surface area (TPSA) is 404 Å². The first kappa shape index (κ1) is 61.1. The molecule has 6 aliphatic heterocycles. The van der Waals surface area contributed by atoms with E-state index in [1.165, 1.54) is 45.7 Å². The number of aliphatic imine (C=N–C) groups is 1. The van der Waals surface area contributed by atoms with Gasteiger partial charge in [0, 0.05) is 126 Å². The zero-order valence-electron chi connectivity index (χ0n) is 52.5. The lowest BCUT2D eigenvalue weighted by atomic mass is 9.38. The van der Waals surface area contributed by atoms with Crippen molar-refractivity contribution in [1.29, 1.82) is 0 Å². The molecule has 6 N–H and O–H groups in total. The molecule has 6 aliphatic rings. The van der Waals surface area contributed by atoms with E-state index in [0.717, 1.165) is 24.4 Å². The number of aromatic nitrogens is 23. The Balaban J connectivity index is 1.22. The van der Waals surface area contributed by atoms with Gasteiger partial charge in [0.2, 0.25) is 5.13 Å². The molecule has 34 nitrogen and oxygen atoms in total. The Morgan fingerprint density at radius 1 is 0.653 bits per heavy atom. The number of likely N-dealkylation sites (tertiary alicyclic amines) is 1. The molecule has 4 fully saturated rings. The van der Waals surface area contributed by atoms with E-state index in [9.17, 15) is 0 Å². The highest BCUT2D eigenvalue weighted by Crippen LogP contribution is 2.97. The smallest absolute Gasteiger partial charge is 0.299 e. The Bertz CT molecular complexity index is 4960. The fourth-order valence-electron chi connectivity index (χ4n) is 18.8. The van der Waals surface area contributed by atoms with Crippen molar-refractivity contribution in [2.24, 2.45) is 4.99 Å². The third-order valence-electron chi connectivity index (χ3n) is 21.0. The highest BCUT2D eigenvalue weighted by Gasteiger charge is 3.02. The fourth-order valence-corrected chi connectivity index (χ4v) is 29.9. The maximum atomic E-state index is 7.66. The van der Waals surface area contributed by atoms with E-state index in [1.54, 1.807) is 67.8 Å². The average Bonchev–Trinajstić information content (AvgIpc) is 1.51. The van der Waals surface area contributed by atoms with Gasteiger partial charge in [0.15, 0.2) is 26.5 Å². The molecule has 20 rings (SSSR count). The van der Waals surface area contributed by atoms with Crippen molar-refractivity contribution in [3.05, 3.63) is 218 Å². The number of piperidine rings is 1. The predicted octanol–water partition coefficient (Wildman–Crippen LogP) is 6.76. The van der Waals surface area contributed by atoms with Crippen molar-refractivity contribution in [1.82, 2.24) is 135 Å². The van der Waals surface area contributed by atoms with Crippen LogP contribution in [-0.4, -0.2) is 192 Å². The number of H-pyrrole nitrogens is 5. The van der Waals surface area contributed by atoms with Crippen molar-refractivity contribution in [2.75, 3.05) is 61.5 Å². The van der Waals surface area contributed by atoms with Crippen LogP contribution in [0.25, 0.3) is 0 Å². The lowest BCUT2D eigenvalue weighted by Gasteiger charge is -2.82. The number of tetrazole rings is 1. The van der Waals surface area contributed by atoms with Crippen LogP contribution in [0.3, 0.4) is 0 Å². The summed E-state index contributed by atoms with van der Waals surface area (Å²) in [6.45, 7) is 2.49. The molecular weight excluding hydrogens is 1430 g/mol. The Morgan fingerprint density at radius 3 is 2.28 bits per heavy atom. The van der Waals surface area contributed by atoms with Gasteiger partial charge in [-0.05, 0) is 119 Å². The van der Waals surface area contributed by atoms with E-state index in [4.69, 9.17) is 97.4 Å². The van der Waals surface area contributed by atoms with Gasteiger partial charge >= 0.3 is 0 Å². The predicted molar refractivity (Wildman–Crippen MR) is 368 cm³/mol. The lowest BCUT2D eigenvalue weighted by molar-refractivity contribution is -0.176. The Morgan fingerprint density at radius 2 is 1.63 bits per heavy atom. The minimum atomic E-state index is -4.19. The molecule has 41 heteroatoms. The highest BCUT2D eigenvalue weighted by molar-refractivity contribution is 8.33. The molecule has 0 amide bonds. The molecule has 0 saturated carbocycles. The van der Waals surface area contributed by atoms with Crippen LogP contribution in [0.4, 0.5) is 11.1 Å². The summed E-state index contributed by atoms with van der Waals surface area (Å²) in [6, 6.07) is 18.3. The van der Waals surface area contributed by atoms with Gasteiger partial charge in [-0.3, -0.25) is 29.9 Å². The number of hydrogen-bond acceptors (Lipinski definition) is 35. The number of aromatic amines is 5. The first-order chi connectivity index (χ1) is 50.1. The molecule has 0 radical (unpaired) electrons. The molecule has 0 aliphatic carbocycles. The summed E-state index contributed by atoms with van der Waals surface area (Å²) in [6.07, 6.45) is 25.2. The summed E-state index contributed by atoms with van der Waals surface area (Å²) < 4.78 is 45.1. The first-order valence-corrected chi connectivity index (χ1v) is 38.8. The van der Waals surface area contributed by atoms with E-state index in [-0.39, 0.29) is 40.7 Å². The van der Waals surface area contributed by atoms with Gasteiger partial charge in [0.25, 0.3) is 6.01 Å². The summed E-state index contributed by atoms with van der Waals surface area (Å²) in [7, 11) is -4.19. The fraction of sp³-hybridized carbons (Fsp3) is 0.317. The quantitative estimate of drug-likeness (QED) is 0.0487. The van der Waals surface area contributed by atoms with Gasteiger partial charge in [0.1, 0.15) is 80.2 Å². The van der Waals surface area contributed by atoms with Crippen molar-refractivity contribution in [2.45, 2.75) is 67.0 Å². The van der Waals surface area contributed by atoms with E-state index >= 15 is 0 Å². The molecule has 0 aromatic carbocycles. The van der Waals surface area contributed by atoms with Crippen LogP contribution in [0.5, 0.6) is 0 Å². The van der Waals surface area contributed by atoms with Crippen LogP contribution in [-0.2, 0) is 37.2 Å². The first-order valence-electron chi connectivity index (χ1n) is 32.0. The van der Waals surface area contributed by atoms with Gasteiger partial charge in [0.05, 0.1) is 33.9 Å². The second-order valence-electron chi connectivity index (χ2n) is 24.5. The second-order valence-corrected chi connectivity index (χ2v) is 32.7. The standard InChI is InChI=1S/C60H54N30O4S7/c1-2-23-86(22-1)57(39-13-31-98-78-39)53(44-8-6-27-91-44,49-65-20-32-96-49)54(42-35-94-83-72-42,45-9-7-30-95-45)90(52-76-82-85-100-52)58(43-36-99-84-73-43,59(57,50-66-21-33-97-50)87-26-18-61-37-87)60(40-12-28-93-77-40)89(51-67-19-29-92-51)55(41-34-69-79-71-41,47-74-80-81-75-47)56(38-11-15-68-70-38,48-63-16-17-64-48)101(60,46-10-5-14-62-46)88-24-3-4-25-88/h3,5-17,19-20,24,27-32,34-36,61-62H,1-2,4,18,21-23,25-26,33,37H2,(H,63,64)(H,68,70)(H,69,71,79)(H,74,75,80,81). The molecular formula is C60H54N30O4S7. The molecule has 20 heterocycles. The Labute approximate surface area is 595 Å². The Hall–Kier alpha value is -9.85. The summed E-state index contributed by atoms with van der Waals surface area (Å²) in [5.74, 6) is 1.36. The number of anilines is 2. The minimum absolute atomic E-state index is 0.0385. The number of thiophene rings is 1. The molecule has 4 saturated heterocycles. The number of imidazole rings is 1. The summed E-state index contributed by atoms with van der Waals surface area (Å²) in [5, 5.41) is 86.6. The summed E-state index contributed by atoms with van der Waals surface area (Å²) in [5.41, 5.74) is -10.8. The summed E-state index contributed by atoms with van der Waals surface area (Å²) in [4.78, 5) is 39.2. The van der Waals surface area contributed by atoms with E-state index in [0.29, 0.717) is 100 Å². The van der Waals surface area contributed by atoms with Crippen LogP contribution in [0.1, 0.15) is 80.7 Å². The number of hydrogen-bond donors (Lipinski definition) is 6. The second kappa shape index (κ2) is 23.1. The van der Waals surface area contributed by atoms with Crippen molar-refractivity contribution < 1.29 is 17.9 Å². The normalized spacial score (nSPS) is 30.7. The molecule has 14 aromatic heterocycles. The lowest BCUT2D eigenvalue weighted by Crippen LogP contribution is -2.98. The molecule has 14 aromatic rings. The summed E-state index contributed by atoms with van der Waals surface area (Å²) >= 11 is 8.17. The number of furan rings is 1. The van der Waals surface area contributed by atoms with Crippen LogP contribution in [0, 0.1) is 0 Å². The van der Waals surface area contributed by atoms with Crippen molar-refractivity contribution in [3.63, 3.8) is 0 Å². The average molecular weight is 1480 g/mol. The number of thiazole rings is 1. The number of oxazole rings is 1. The third-order valence-corrected chi connectivity index (χ3v) is 30.6. The largest absolute Gasteiger partial charge is 0.468 e. The van der Waals surface area contributed by atoms with Gasteiger partial charge in [-0.25, -0.2) is 20.1 Å². The van der Waals surface area contributed by atoms with Crippen LogP contribution in [0.2, 0.25) is 0 Å². The Kier molecular flexibility index (Phi) is 14.0. The third kappa shape index (κ3) is 7.01. The monoisotopic (exact) mass is 1480 g/mol. The molecule has 101 heavy (non-hydrogen) atoms. The molecule has 510 valence electrons. The number of nitrogens with zero attached hydrogens (tertiary/aromatic N) is 24. The zero-order valence-corrected chi connectivity index (χ0v) is 58.2. The van der Waals surface area contributed by atoms with Crippen molar-refractivity contribution in [3.8, 4) is 0 Å². The van der Waals surface area contributed by atoms with E-state index in [1.807, 2.05) is 58.9 Å². The SMILES string of the molecule is C1=CN(S2(c3ccc[nH]3)C(c3cc[nH]n3)(c3ncc[nH]3)C(c3c[nH]nn3)(c3nnn[nH]3)N(c3ncco3)C2(c2ccon2)C2(c3csnn3)N(c3nnns3)C(c3conn3)(c3cccs3)C(c3ccco3)(c3nccs3)C(c3ccsn3)(N3CCCC3)C2(C2=NCCS2)N2CCNC2)CC1. The van der Waals surface area contributed by atoms with Crippen molar-refractivity contribution >= 4 is 95.4 Å². The molecule has 0 spiro atoms. The highest BCUT2D eigenvalue weighted by atomic mass is 32.3. The van der Waals surface area contributed by atoms with Crippen LogP contribution < -0.4 is 15.1 Å².